The number of carbonyl (C=O) groups is 3. The maximum absolute atomic E-state index is 13.4. The fourth-order valence-corrected chi connectivity index (χ4v) is 4.70. The molecule has 3 amide bonds. The molecule has 2 unspecified atom stereocenters. The number of rotatable bonds is 8. The molecule has 1 N–H and O–H groups in total. The van der Waals surface area contributed by atoms with Crippen LogP contribution in [-0.2, 0) is 4.79 Å². The van der Waals surface area contributed by atoms with Crippen LogP contribution in [0.1, 0.15) is 72.0 Å². The minimum Gasteiger partial charge on any atom is -0.468 e. The second-order valence-electron chi connectivity index (χ2n) is 9.04. The van der Waals surface area contributed by atoms with E-state index in [0.29, 0.717) is 24.1 Å². The van der Waals surface area contributed by atoms with E-state index in [1.807, 2.05) is 26.0 Å². The Balaban J connectivity index is 1.52. The van der Waals surface area contributed by atoms with E-state index >= 15 is 0 Å². The monoisotopic (exact) mass is 437 g/mol. The first kappa shape index (κ1) is 22.3. The number of carbonyl (C=O) groups excluding carboxylic acids is 3. The smallest absolute Gasteiger partial charge is 0.262 e. The predicted molar refractivity (Wildman–Crippen MR) is 120 cm³/mol. The summed E-state index contributed by atoms with van der Waals surface area (Å²) >= 11 is 0. The molecule has 0 saturated carbocycles. The van der Waals surface area contributed by atoms with Crippen LogP contribution in [-0.4, -0.2) is 53.2 Å². The zero-order valence-electron chi connectivity index (χ0n) is 18.8. The first-order valence-electron chi connectivity index (χ1n) is 11.5. The normalized spacial score (nSPS) is 18.7. The number of amides is 3. The van der Waals surface area contributed by atoms with Crippen LogP contribution in [0.3, 0.4) is 0 Å². The van der Waals surface area contributed by atoms with Gasteiger partial charge < -0.3 is 9.73 Å². The van der Waals surface area contributed by atoms with E-state index in [2.05, 4.69) is 10.2 Å². The Morgan fingerprint density at radius 2 is 1.66 bits per heavy atom. The Morgan fingerprint density at radius 1 is 1.00 bits per heavy atom. The molecular weight excluding hydrogens is 406 g/mol. The van der Waals surface area contributed by atoms with Crippen LogP contribution in [0.25, 0.3) is 0 Å². The molecule has 7 nitrogen and oxygen atoms in total. The zero-order chi connectivity index (χ0) is 22.7. The molecule has 2 aliphatic rings. The van der Waals surface area contributed by atoms with E-state index < -0.39 is 17.9 Å². The number of benzene rings is 1. The summed E-state index contributed by atoms with van der Waals surface area (Å²) in [5.41, 5.74) is 0.724. The zero-order valence-corrected chi connectivity index (χ0v) is 18.8. The molecule has 1 aromatic heterocycles. The molecule has 2 aromatic rings. The second-order valence-corrected chi connectivity index (χ2v) is 9.04. The lowest BCUT2D eigenvalue weighted by Gasteiger charge is -2.34. The van der Waals surface area contributed by atoms with Crippen LogP contribution in [0, 0.1) is 5.92 Å². The minimum atomic E-state index is -0.846. The highest BCUT2D eigenvalue weighted by Crippen LogP contribution is 2.28. The van der Waals surface area contributed by atoms with Gasteiger partial charge in [-0.2, -0.15) is 0 Å². The number of hydrogen-bond acceptors (Lipinski definition) is 5. The summed E-state index contributed by atoms with van der Waals surface area (Å²) in [7, 11) is 0. The van der Waals surface area contributed by atoms with Gasteiger partial charge in [-0.1, -0.05) is 32.4 Å². The summed E-state index contributed by atoms with van der Waals surface area (Å²) < 4.78 is 5.67. The van der Waals surface area contributed by atoms with Gasteiger partial charge in [0, 0.05) is 6.54 Å². The number of nitrogens with one attached hydrogen (secondary N) is 1. The van der Waals surface area contributed by atoms with Crippen molar-refractivity contribution in [3.05, 3.63) is 59.5 Å². The first-order chi connectivity index (χ1) is 15.5. The number of furan rings is 1. The van der Waals surface area contributed by atoms with Crippen molar-refractivity contribution in [3.63, 3.8) is 0 Å². The van der Waals surface area contributed by atoms with Crippen LogP contribution in [0.5, 0.6) is 0 Å². The summed E-state index contributed by atoms with van der Waals surface area (Å²) in [6.07, 6.45) is 5.51. The molecule has 4 rings (SSSR count). The lowest BCUT2D eigenvalue weighted by atomic mass is 10.0. The second kappa shape index (κ2) is 9.69. The van der Waals surface area contributed by atoms with Crippen LogP contribution in [0.15, 0.2) is 47.1 Å². The van der Waals surface area contributed by atoms with E-state index in [1.165, 1.54) is 6.42 Å². The topological polar surface area (TPSA) is 82.9 Å². The van der Waals surface area contributed by atoms with E-state index in [4.69, 9.17) is 4.42 Å². The highest BCUT2D eigenvalue weighted by atomic mass is 16.3. The quantitative estimate of drug-likeness (QED) is 0.638. The van der Waals surface area contributed by atoms with Gasteiger partial charge >= 0.3 is 0 Å². The summed E-state index contributed by atoms with van der Waals surface area (Å²) in [5.74, 6) is -0.150. The molecule has 2 atom stereocenters. The minimum absolute atomic E-state index is 0.0730. The lowest BCUT2D eigenvalue weighted by molar-refractivity contribution is -0.125. The van der Waals surface area contributed by atoms with Gasteiger partial charge in [-0.25, -0.2) is 0 Å². The van der Waals surface area contributed by atoms with Crippen molar-refractivity contribution >= 4 is 17.7 Å². The fraction of sp³-hybridized carbons (Fsp3) is 0.480. The SMILES string of the molecule is CC(C)CC(C(=O)NCC(c1ccco1)N1CCCCC1)N1C(=O)c2ccccc2C1=O. The van der Waals surface area contributed by atoms with Crippen molar-refractivity contribution in [2.24, 2.45) is 5.92 Å². The summed E-state index contributed by atoms with van der Waals surface area (Å²) in [6, 6.07) is 9.62. The Morgan fingerprint density at radius 3 is 2.22 bits per heavy atom. The Bertz CT molecular complexity index is 928. The van der Waals surface area contributed by atoms with Gasteiger partial charge in [-0.15, -0.1) is 0 Å². The molecular formula is C25H31N3O4. The predicted octanol–water partition coefficient (Wildman–Crippen LogP) is 3.63. The molecule has 2 aliphatic heterocycles. The third-order valence-electron chi connectivity index (χ3n) is 6.31. The van der Waals surface area contributed by atoms with Crippen molar-refractivity contribution < 1.29 is 18.8 Å². The molecule has 0 aliphatic carbocycles. The van der Waals surface area contributed by atoms with Gasteiger partial charge in [0.2, 0.25) is 5.91 Å². The molecule has 7 heteroatoms. The summed E-state index contributed by atoms with van der Waals surface area (Å²) in [4.78, 5) is 42.9. The molecule has 1 saturated heterocycles. The van der Waals surface area contributed by atoms with Crippen LogP contribution >= 0.6 is 0 Å². The molecule has 170 valence electrons. The van der Waals surface area contributed by atoms with Gasteiger partial charge in [0.1, 0.15) is 11.8 Å². The first-order valence-corrected chi connectivity index (χ1v) is 11.5. The van der Waals surface area contributed by atoms with E-state index in [0.717, 1.165) is 36.6 Å². The van der Waals surface area contributed by atoms with Gasteiger partial charge in [-0.05, 0) is 62.5 Å². The van der Waals surface area contributed by atoms with Crippen molar-refractivity contribution in [1.29, 1.82) is 0 Å². The van der Waals surface area contributed by atoms with E-state index in [-0.39, 0.29) is 17.9 Å². The maximum Gasteiger partial charge on any atom is 0.262 e. The average Bonchev–Trinajstić information content (AvgIpc) is 3.41. The number of imide groups is 1. The molecule has 0 radical (unpaired) electrons. The lowest BCUT2D eigenvalue weighted by Crippen LogP contribution is -2.51. The number of nitrogens with zero attached hydrogens (tertiary/aromatic N) is 2. The molecule has 1 aromatic carbocycles. The number of fused-ring (bicyclic) bond motifs is 1. The van der Waals surface area contributed by atoms with Crippen molar-refractivity contribution in [2.75, 3.05) is 19.6 Å². The molecule has 1 fully saturated rings. The summed E-state index contributed by atoms with van der Waals surface area (Å²) in [6.45, 7) is 6.24. The number of likely N-dealkylation sites (tertiary alicyclic amines) is 1. The molecule has 0 spiro atoms. The number of piperidine rings is 1. The number of hydrogen-bond donors (Lipinski definition) is 1. The van der Waals surface area contributed by atoms with Gasteiger partial charge in [-0.3, -0.25) is 24.2 Å². The van der Waals surface area contributed by atoms with Gasteiger partial charge in [0.15, 0.2) is 0 Å². The van der Waals surface area contributed by atoms with E-state index in [9.17, 15) is 14.4 Å². The largest absolute Gasteiger partial charge is 0.468 e. The van der Waals surface area contributed by atoms with Crippen molar-refractivity contribution in [2.45, 2.75) is 51.6 Å². The maximum atomic E-state index is 13.4. The molecule has 32 heavy (non-hydrogen) atoms. The van der Waals surface area contributed by atoms with E-state index in [1.54, 1.807) is 30.5 Å². The molecule has 0 bridgehead atoms. The third kappa shape index (κ3) is 4.48. The Kier molecular flexibility index (Phi) is 6.74. The Hall–Kier alpha value is -2.93. The van der Waals surface area contributed by atoms with Gasteiger partial charge in [0.25, 0.3) is 11.8 Å². The van der Waals surface area contributed by atoms with Crippen molar-refractivity contribution in [1.82, 2.24) is 15.1 Å². The van der Waals surface area contributed by atoms with Gasteiger partial charge in [0.05, 0.1) is 23.4 Å². The highest BCUT2D eigenvalue weighted by molar-refractivity contribution is 6.22. The Labute approximate surface area is 188 Å². The van der Waals surface area contributed by atoms with Crippen LogP contribution in [0.2, 0.25) is 0 Å². The summed E-state index contributed by atoms with van der Waals surface area (Å²) in [5, 5.41) is 3.03. The average molecular weight is 438 g/mol. The van der Waals surface area contributed by atoms with Crippen molar-refractivity contribution in [3.8, 4) is 0 Å². The van der Waals surface area contributed by atoms with Crippen LogP contribution < -0.4 is 5.32 Å². The standard InChI is InChI=1S/C25H31N3O4/c1-17(2)15-20(28-24(30)18-9-4-5-10-19(18)25(28)31)23(29)26-16-21(22-11-8-14-32-22)27-12-6-3-7-13-27/h4-5,8-11,14,17,20-21H,3,6-7,12-13,15-16H2,1-2H3,(H,26,29). The molecule has 3 heterocycles. The third-order valence-corrected chi connectivity index (χ3v) is 6.31. The fourth-order valence-electron chi connectivity index (χ4n) is 4.70. The highest BCUT2D eigenvalue weighted by Gasteiger charge is 2.43. The van der Waals surface area contributed by atoms with Crippen LogP contribution in [0.4, 0.5) is 0 Å².